The third kappa shape index (κ3) is 3.85. The highest BCUT2D eigenvalue weighted by Gasteiger charge is 2.27. The van der Waals surface area contributed by atoms with Gasteiger partial charge in [0.15, 0.2) is 0 Å². The van der Waals surface area contributed by atoms with E-state index in [2.05, 4.69) is 18.3 Å². The molecule has 0 aliphatic heterocycles. The highest BCUT2D eigenvalue weighted by Crippen LogP contribution is 2.24. The van der Waals surface area contributed by atoms with E-state index >= 15 is 0 Å². The molecular formula is C18H28N2O. The fourth-order valence-corrected chi connectivity index (χ4v) is 3.28. The van der Waals surface area contributed by atoms with Crippen LogP contribution in [0.15, 0.2) is 18.2 Å². The third-order valence-corrected chi connectivity index (χ3v) is 4.68. The van der Waals surface area contributed by atoms with Crippen LogP contribution in [0.4, 0.5) is 0 Å². The van der Waals surface area contributed by atoms with Gasteiger partial charge >= 0.3 is 0 Å². The van der Waals surface area contributed by atoms with E-state index < -0.39 is 0 Å². The summed E-state index contributed by atoms with van der Waals surface area (Å²) in [5.74, 6) is 0.170. The van der Waals surface area contributed by atoms with Crippen LogP contribution in [0.1, 0.15) is 54.1 Å². The first-order valence-corrected chi connectivity index (χ1v) is 8.10. The summed E-state index contributed by atoms with van der Waals surface area (Å²) >= 11 is 0. The monoisotopic (exact) mass is 288 g/mol. The fraction of sp³-hybridized carbons (Fsp3) is 0.611. The molecule has 1 aromatic carbocycles. The molecule has 1 aromatic rings. The maximum absolute atomic E-state index is 12.7. The zero-order chi connectivity index (χ0) is 15.4. The average Bonchev–Trinajstić information content (AvgIpc) is 2.49. The van der Waals surface area contributed by atoms with E-state index in [9.17, 15) is 4.79 Å². The highest BCUT2D eigenvalue weighted by molar-refractivity contribution is 5.95. The first kappa shape index (κ1) is 16.0. The SMILES string of the molecule is CCNC1CCC(N(C)C(=O)c2cc(C)ccc2C)CC1. The van der Waals surface area contributed by atoms with Crippen molar-refractivity contribution in [3.05, 3.63) is 34.9 Å². The molecule has 1 fully saturated rings. The van der Waals surface area contributed by atoms with Gasteiger partial charge in [0.05, 0.1) is 0 Å². The van der Waals surface area contributed by atoms with Gasteiger partial charge in [0.2, 0.25) is 0 Å². The second-order valence-electron chi connectivity index (χ2n) is 6.30. The van der Waals surface area contributed by atoms with Crippen LogP contribution in [0.3, 0.4) is 0 Å². The summed E-state index contributed by atoms with van der Waals surface area (Å²) in [6, 6.07) is 7.13. The summed E-state index contributed by atoms with van der Waals surface area (Å²) in [4.78, 5) is 14.7. The number of hydrogen-bond donors (Lipinski definition) is 1. The summed E-state index contributed by atoms with van der Waals surface area (Å²) < 4.78 is 0. The molecule has 0 radical (unpaired) electrons. The average molecular weight is 288 g/mol. The second-order valence-corrected chi connectivity index (χ2v) is 6.30. The fourth-order valence-electron chi connectivity index (χ4n) is 3.28. The molecule has 1 saturated carbocycles. The smallest absolute Gasteiger partial charge is 0.254 e. The Kier molecular flexibility index (Phi) is 5.40. The van der Waals surface area contributed by atoms with Gasteiger partial charge < -0.3 is 10.2 Å². The Balaban J connectivity index is 2.01. The van der Waals surface area contributed by atoms with Gasteiger partial charge in [0, 0.05) is 24.7 Å². The summed E-state index contributed by atoms with van der Waals surface area (Å²) in [7, 11) is 1.96. The topological polar surface area (TPSA) is 32.3 Å². The third-order valence-electron chi connectivity index (χ3n) is 4.68. The van der Waals surface area contributed by atoms with E-state index in [0.717, 1.165) is 36.1 Å². The van der Waals surface area contributed by atoms with Crippen molar-refractivity contribution in [1.29, 1.82) is 0 Å². The van der Waals surface area contributed by atoms with Crippen molar-refractivity contribution in [2.45, 2.75) is 58.5 Å². The number of carbonyl (C=O) groups is 1. The molecule has 1 aliphatic carbocycles. The quantitative estimate of drug-likeness (QED) is 0.922. The summed E-state index contributed by atoms with van der Waals surface area (Å²) in [6.07, 6.45) is 4.54. The van der Waals surface area contributed by atoms with Gasteiger partial charge in [-0.1, -0.05) is 24.6 Å². The molecule has 1 N–H and O–H groups in total. The number of nitrogens with zero attached hydrogens (tertiary/aromatic N) is 1. The van der Waals surface area contributed by atoms with Gasteiger partial charge in [-0.25, -0.2) is 0 Å². The standard InChI is InChI=1S/C18H28N2O/c1-5-19-15-8-10-16(11-9-15)20(4)18(21)17-12-13(2)6-7-14(17)3/h6-7,12,15-16,19H,5,8-11H2,1-4H3. The zero-order valence-corrected chi connectivity index (χ0v) is 13.8. The molecule has 1 amide bonds. The lowest BCUT2D eigenvalue weighted by atomic mass is 9.90. The van der Waals surface area contributed by atoms with Crippen LogP contribution in [0.25, 0.3) is 0 Å². The Hall–Kier alpha value is -1.35. The minimum atomic E-state index is 0.170. The van der Waals surface area contributed by atoms with Gasteiger partial charge in [-0.15, -0.1) is 0 Å². The molecule has 0 spiro atoms. The van der Waals surface area contributed by atoms with Gasteiger partial charge in [-0.3, -0.25) is 4.79 Å². The molecule has 116 valence electrons. The molecule has 0 aromatic heterocycles. The molecule has 2 rings (SSSR count). The lowest BCUT2D eigenvalue weighted by Gasteiger charge is -2.35. The van der Waals surface area contributed by atoms with Gasteiger partial charge in [-0.05, 0) is 57.7 Å². The van der Waals surface area contributed by atoms with Crippen molar-refractivity contribution >= 4 is 5.91 Å². The second kappa shape index (κ2) is 7.08. The van der Waals surface area contributed by atoms with Gasteiger partial charge in [0.25, 0.3) is 5.91 Å². The summed E-state index contributed by atoms with van der Waals surface area (Å²) in [5.41, 5.74) is 3.07. The molecular weight excluding hydrogens is 260 g/mol. The molecule has 0 heterocycles. The first-order chi connectivity index (χ1) is 10.0. The minimum Gasteiger partial charge on any atom is -0.339 e. The molecule has 0 unspecified atom stereocenters. The van der Waals surface area contributed by atoms with E-state index in [1.165, 1.54) is 12.8 Å². The lowest BCUT2D eigenvalue weighted by Crippen LogP contribution is -2.43. The minimum absolute atomic E-state index is 0.170. The van der Waals surface area contributed by atoms with Crippen molar-refractivity contribution in [2.75, 3.05) is 13.6 Å². The van der Waals surface area contributed by atoms with Crippen LogP contribution in [0, 0.1) is 13.8 Å². The van der Waals surface area contributed by atoms with Gasteiger partial charge in [0.1, 0.15) is 0 Å². The van der Waals surface area contributed by atoms with Crippen LogP contribution in [0.2, 0.25) is 0 Å². The number of nitrogens with one attached hydrogen (secondary N) is 1. The Bertz CT molecular complexity index is 490. The Morgan fingerprint density at radius 2 is 1.90 bits per heavy atom. The van der Waals surface area contributed by atoms with E-state index in [-0.39, 0.29) is 5.91 Å². The lowest BCUT2D eigenvalue weighted by molar-refractivity contribution is 0.0684. The normalized spacial score (nSPS) is 22.1. The number of carbonyl (C=O) groups excluding carboxylic acids is 1. The molecule has 0 saturated heterocycles. The largest absolute Gasteiger partial charge is 0.339 e. The van der Waals surface area contributed by atoms with Crippen LogP contribution in [-0.2, 0) is 0 Å². The zero-order valence-electron chi connectivity index (χ0n) is 13.8. The first-order valence-electron chi connectivity index (χ1n) is 8.10. The Morgan fingerprint density at radius 3 is 2.52 bits per heavy atom. The summed E-state index contributed by atoms with van der Waals surface area (Å²) in [6.45, 7) is 7.25. The van der Waals surface area contributed by atoms with Crippen LogP contribution in [0.5, 0.6) is 0 Å². The maximum atomic E-state index is 12.7. The number of rotatable bonds is 4. The predicted octanol–water partition coefficient (Wildman–Crippen LogP) is 3.30. The highest BCUT2D eigenvalue weighted by atomic mass is 16.2. The van der Waals surface area contributed by atoms with Crippen LogP contribution < -0.4 is 5.32 Å². The van der Waals surface area contributed by atoms with Crippen molar-refractivity contribution in [3.8, 4) is 0 Å². The van der Waals surface area contributed by atoms with E-state index in [4.69, 9.17) is 0 Å². The predicted molar refractivity (Wildman–Crippen MR) is 87.7 cm³/mol. The molecule has 0 atom stereocenters. The Labute approximate surface area is 128 Å². The number of benzene rings is 1. The van der Waals surface area contributed by atoms with E-state index in [0.29, 0.717) is 12.1 Å². The van der Waals surface area contributed by atoms with E-state index in [1.54, 1.807) is 0 Å². The molecule has 3 nitrogen and oxygen atoms in total. The summed E-state index contributed by atoms with van der Waals surface area (Å²) in [5, 5.41) is 3.52. The molecule has 0 bridgehead atoms. The van der Waals surface area contributed by atoms with Crippen LogP contribution in [-0.4, -0.2) is 36.5 Å². The maximum Gasteiger partial charge on any atom is 0.254 e. The van der Waals surface area contributed by atoms with Crippen molar-refractivity contribution in [1.82, 2.24) is 10.2 Å². The van der Waals surface area contributed by atoms with Crippen molar-refractivity contribution in [2.24, 2.45) is 0 Å². The molecule has 1 aliphatic rings. The number of aryl methyl sites for hydroxylation is 2. The van der Waals surface area contributed by atoms with E-state index in [1.807, 2.05) is 37.9 Å². The number of hydrogen-bond acceptors (Lipinski definition) is 2. The molecule has 3 heteroatoms. The molecule has 21 heavy (non-hydrogen) atoms. The number of amides is 1. The van der Waals surface area contributed by atoms with Crippen molar-refractivity contribution in [3.63, 3.8) is 0 Å². The Morgan fingerprint density at radius 1 is 1.24 bits per heavy atom. The van der Waals surface area contributed by atoms with Gasteiger partial charge in [-0.2, -0.15) is 0 Å². The van der Waals surface area contributed by atoms with Crippen molar-refractivity contribution < 1.29 is 4.79 Å². The van der Waals surface area contributed by atoms with Crippen LogP contribution >= 0.6 is 0 Å².